The minimum absolute atomic E-state index is 0.0409. The molecule has 2 heterocycles. The number of hydrogen-bond donors (Lipinski definition) is 0. The van der Waals surface area contributed by atoms with Gasteiger partial charge in [0.05, 0.1) is 31.0 Å². The molecule has 0 unspecified atom stereocenters. The number of halogens is 1. The third-order valence-corrected chi connectivity index (χ3v) is 7.84. The number of methoxy groups -OCH3 is 2. The number of piperazine rings is 1. The molecule has 0 aliphatic carbocycles. The first-order chi connectivity index (χ1) is 18.4. The average Bonchev–Trinajstić information content (AvgIpc) is 2.94. The van der Waals surface area contributed by atoms with Crippen molar-refractivity contribution >= 4 is 32.7 Å². The van der Waals surface area contributed by atoms with Crippen LogP contribution >= 0.6 is 15.9 Å². The van der Waals surface area contributed by atoms with Gasteiger partial charge in [-0.2, -0.15) is 0 Å². The summed E-state index contributed by atoms with van der Waals surface area (Å²) in [6, 6.07) is 20.1. The Labute approximate surface area is 232 Å². The lowest BCUT2D eigenvalue weighted by Gasteiger charge is -2.35. The van der Waals surface area contributed by atoms with Gasteiger partial charge in [-0.1, -0.05) is 28.1 Å². The van der Waals surface area contributed by atoms with Crippen LogP contribution in [0.15, 0.2) is 65.1 Å². The molecule has 0 spiro atoms. The molecule has 1 aromatic heterocycles. The van der Waals surface area contributed by atoms with E-state index in [0.717, 1.165) is 63.3 Å². The first-order valence-corrected chi connectivity index (χ1v) is 13.6. The fourth-order valence-electron chi connectivity index (χ4n) is 4.95. The Balaban J connectivity index is 1.39. The van der Waals surface area contributed by atoms with Crippen molar-refractivity contribution in [2.45, 2.75) is 20.4 Å². The molecule has 0 saturated carbocycles. The third kappa shape index (κ3) is 5.40. The molecule has 1 aliphatic heterocycles. The van der Waals surface area contributed by atoms with E-state index in [9.17, 15) is 4.79 Å². The summed E-state index contributed by atoms with van der Waals surface area (Å²) in [5.41, 5.74) is 6.85. The lowest BCUT2D eigenvalue weighted by molar-refractivity contribution is 0.0629. The fraction of sp³-hybridized carbons (Fsp3) is 0.290. The maximum absolute atomic E-state index is 13.9. The van der Waals surface area contributed by atoms with Gasteiger partial charge in [-0.25, -0.2) is 4.98 Å². The monoisotopic (exact) mass is 573 g/mol. The molecule has 0 radical (unpaired) electrons. The van der Waals surface area contributed by atoms with Crippen molar-refractivity contribution in [1.29, 1.82) is 0 Å². The number of aromatic nitrogens is 1. The minimum Gasteiger partial charge on any atom is -0.497 e. The maximum Gasteiger partial charge on any atom is 0.254 e. The van der Waals surface area contributed by atoms with Crippen molar-refractivity contribution < 1.29 is 14.3 Å². The number of ether oxygens (including phenoxy) is 2. The van der Waals surface area contributed by atoms with E-state index in [4.69, 9.17) is 14.5 Å². The zero-order chi connectivity index (χ0) is 26.8. The van der Waals surface area contributed by atoms with Gasteiger partial charge in [0.2, 0.25) is 0 Å². The van der Waals surface area contributed by atoms with Gasteiger partial charge in [-0.3, -0.25) is 9.69 Å². The van der Waals surface area contributed by atoms with Gasteiger partial charge in [0.15, 0.2) is 0 Å². The van der Waals surface area contributed by atoms with E-state index in [0.29, 0.717) is 18.7 Å². The van der Waals surface area contributed by atoms with Crippen LogP contribution in [0.2, 0.25) is 0 Å². The van der Waals surface area contributed by atoms with Crippen molar-refractivity contribution in [3.05, 3.63) is 87.4 Å². The van der Waals surface area contributed by atoms with E-state index in [1.165, 1.54) is 11.1 Å². The Morgan fingerprint density at radius 1 is 0.895 bits per heavy atom. The Bertz CT molecular complexity index is 1500. The molecule has 0 atom stereocenters. The minimum atomic E-state index is 0.0409. The van der Waals surface area contributed by atoms with E-state index in [-0.39, 0.29) is 5.91 Å². The maximum atomic E-state index is 13.9. The highest BCUT2D eigenvalue weighted by atomic mass is 79.9. The van der Waals surface area contributed by atoms with Crippen molar-refractivity contribution in [3.63, 3.8) is 0 Å². The molecule has 6 nitrogen and oxygen atoms in total. The number of fused-ring (bicyclic) bond motifs is 1. The van der Waals surface area contributed by atoms with Crippen molar-refractivity contribution in [2.24, 2.45) is 0 Å². The molecule has 1 aliphatic rings. The summed E-state index contributed by atoms with van der Waals surface area (Å²) in [6.45, 7) is 7.81. The van der Waals surface area contributed by atoms with Gasteiger partial charge < -0.3 is 14.4 Å². The molecule has 7 heteroatoms. The van der Waals surface area contributed by atoms with Gasteiger partial charge >= 0.3 is 0 Å². The Kier molecular flexibility index (Phi) is 7.68. The quantitative estimate of drug-likeness (QED) is 0.272. The highest BCUT2D eigenvalue weighted by Gasteiger charge is 2.25. The first-order valence-electron chi connectivity index (χ1n) is 12.8. The average molecular weight is 575 g/mol. The molecule has 38 heavy (non-hydrogen) atoms. The number of rotatable bonds is 6. The van der Waals surface area contributed by atoms with Gasteiger partial charge in [-0.05, 0) is 73.5 Å². The lowest BCUT2D eigenvalue weighted by atomic mass is 10.00. The molecule has 0 bridgehead atoms. The number of carbonyl (C=O) groups excluding carboxylic acids is 1. The van der Waals surface area contributed by atoms with Gasteiger partial charge in [0, 0.05) is 53.7 Å². The predicted octanol–water partition coefficient (Wildman–Crippen LogP) is 6.26. The van der Waals surface area contributed by atoms with Gasteiger partial charge in [0.25, 0.3) is 5.91 Å². The smallest absolute Gasteiger partial charge is 0.254 e. The van der Waals surface area contributed by atoms with Crippen LogP contribution in [0.4, 0.5) is 0 Å². The number of hydrogen-bond acceptors (Lipinski definition) is 5. The fourth-order valence-corrected chi connectivity index (χ4v) is 5.31. The number of benzene rings is 3. The van der Waals surface area contributed by atoms with E-state index >= 15 is 0 Å². The van der Waals surface area contributed by atoms with Crippen LogP contribution in [0.1, 0.15) is 27.0 Å². The van der Waals surface area contributed by atoms with Gasteiger partial charge in [0.1, 0.15) is 11.5 Å². The Morgan fingerprint density at radius 2 is 1.68 bits per heavy atom. The van der Waals surface area contributed by atoms with E-state index in [2.05, 4.69) is 52.9 Å². The molecule has 1 saturated heterocycles. The predicted molar refractivity (Wildman–Crippen MR) is 155 cm³/mol. The highest BCUT2D eigenvalue weighted by molar-refractivity contribution is 9.10. The summed E-state index contributed by atoms with van der Waals surface area (Å²) in [4.78, 5) is 23.1. The van der Waals surface area contributed by atoms with Crippen LogP contribution in [0.3, 0.4) is 0 Å². The summed E-state index contributed by atoms with van der Waals surface area (Å²) >= 11 is 3.58. The highest BCUT2D eigenvalue weighted by Crippen LogP contribution is 2.30. The first kappa shape index (κ1) is 26.2. The van der Waals surface area contributed by atoms with Crippen molar-refractivity contribution in [1.82, 2.24) is 14.8 Å². The number of pyridine rings is 1. The summed E-state index contributed by atoms with van der Waals surface area (Å²) < 4.78 is 11.9. The Morgan fingerprint density at radius 3 is 2.39 bits per heavy atom. The topological polar surface area (TPSA) is 54.9 Å². The number of carbonyl (C=O) groups is 1. The van der Waals surface area contributed by atoms with E-state index in [1.54, 1.807) is 14.2 Å². The number of amides is 1. The molecule has 0 N–H and O–H groups in total. The lowest BCUT2D eigenvalue weighted by Crippen LogP contribution is -2.48. The van der Waals surface area contributed by atoms with Gasteiger partial charge in [-0.15, -0.1) is 0 Å². The second-order valence-electron chi connectivity index (χ2n) is 9.76. The van der Waals surface area contributed by atoms with Crippen LogP contribution < -0.4 is 9.47 Å². The summed E-state index contributed by atoms with van der Waals surface area (Å²) in [7, 11) is 3.36. The van der Waals surface area contributed by atoms with Crippen LogP contribution in [0, 0.1) is 13.8 Å². The van der Waals surface area contributed by atoms with Crippen LogP contribution in [-0.4, -0.2) is 61.1 Å². The zero-order valence-electron chi connectivity index (χ0n) is 22.3. The second-order valence-corrected chi connectivity index (χ2v) is 10.7. The van der Waals surface area contributed by atoms with Crippen LogP contribution in [0.25, 0.3) is 22.2 Å². The van der Waals surface area contributed by atoms with E-state index in [1.807, 2.05) is 47.4 Å². The van der Waals surface area contributed by atoms with Crippen LogP contribution in [0.5, 0.6) is 11.5 Å². The molecule has 3 aromatic carbocycles. The molecule has 4 aromatic rings. The molecular formula is C31H32BrN3O3. The molecule has 196 valence electrons. The largest absolute Gasteiger partial charge is 0.497 e. The van der Waals surface area contributed by atoms with E-state index < -0.39 is 0 Å². The van der Waals surface area contributed by atoms with Crippen molar-refractivity contribution in [3.8, 4) is 22.8 Å². The van der Waals surface area contributed by atoms with Crippen LogP contribution in [-0.2, 0) is 6.54 Å². The number of nitrogens with zero attached hydrogens (tertiary/aromatic N) is 3. The molecular weight excluding hydrogens is 542 g/mol. The molecule has 5 rings (SSSR count). The SMILES string of the molecule is COc1ccc(OC)c(CN2CCN(C(=O)c3cc(-c4ccc(C)c(C)c4)nc4ccc(Br)cc34)CC2)c1. The Hall–Kier alpha value is -3.42. The standard InChI is InChI=1S/C31H32BrN3O3/c1-20-5-6-22(15-21(20)2)29-18-27(26-17-24(32)7-9-28(26)33-29)31(36)35-13-11-34(12-14-35)19-23-16-25(37-3)8-10-30(23)38-4/h5-10,15-18H,11-14,19H2,1-4H3. The van der Waals surface area contributed by atoms with Crippen molar-refractivity contribution in [2.75, 3.05) is 40.4 Å². The summed E-state index contributed by atoms with van der Waals surface area (Å²) in [5.74, 6) is 1.70. The number of aryl methyl sites for hydroxylation is 2. The third-order valence-electron chi connectivity index (χ3n) is 7.34. The molecule has 1 amide bonds. The normalized spacial score (nSPS) is 14.1. The second kappa shape index (κ2) is 11.1. The molecule has 1 fully saturated rings. The summed E-state index contributed by atoms with van der Waals surface area (Å²) in [6.07, 6.45) is 0. The zero-order valence-corrected chi connectivity index (χ0v) is 23.8. The summed E-state index contributed by atoms with van der Waals surface area (Å²) in [5, 5.41) is 0.862.